The monoisotopic (exact) mass is 345 g/mol. The van der Waals surface area contributed by atoms with Gasteiger partial charge >= 0.3 is 0 Å². The second-order valence-electron chi connectivity index (χ2n) is 3.77. The molecule has 2 aromatic heterocycles. The summed E-state index contributed by atoms with van der Waals surface area (Å²) in [5.74, 6) is 0. The molecule has 2 aromatic rings. The highest BCUT2D eigenvalue weighted by Crippen LogP contribution is 2.22. The molecule has 0 unspecified atom stereocenters. The number of pyridine rings is 1. The topological polar surface area (TPSA) is 41.6 Å². The zero-order valence-electron chi connectivity index (χ0n) is 18.1. The Balaban J connectivity index is -0.000000533. The SMILES string of the molecule is C=Cc1cc(-c2ccn[nH]2)nc(C)c1/C=C\C.CC.CC.CC.CC. The van der Waals surface area contributed by atoms with E-state index in [2.05, 4.69) is 27.8 Å². The molecule has 0 saturated carbocycles. The van der Waals surface area contributed by atoms with Crippen LogP contribution in [-0.2, 0) is 0 Å². The van der Waals surface area contributed by atoms with E-state index in [9.17, 15) is 0 Å². The van der Waals surface area contributed by atoms with Crippen molar-refractivity contribution in [2.75, 3.05) is 0 Å². The summed E-state index contributed by atoms with van der Waals surface area (Å²) in [4.78, 5) is 4.57. The molecule has 0 aromatic carbocycles. The first-order valence-corrected chi connectivity index (χ1v) is 9.52. The van der Waals surface area contributed by atoms with Crippen molar-refractivity contribution in [3.63, 3.8) is 0 Å². The predicted molar refractivity (Wildman–Crippen MR) is 117 cm³/mol. The van der Waals surface area contributed by atoms with Gasteiger partial charge in [0.1, 0.15) is 0 Å². The average molecular weight is 346 g/mol. The van der Waals surface area contributed by atoms with Gasteiger partial charge in [0, 0.05) is 17.5 Å². The van der Waals surface area contributed by atoms with Gasteiger partial charge in [0.2, 0.25) is 0 Å². The van der Waals surface area contributed by atoms with Crippen molar-refractivity contribution in [2.45, 2.75) is 69.2 Å². The summed E-state index contributed by atoms with van der Waals surface area (Å²) in [6.07, 6.45) is 7.63. The molecule has 25 heavy (non-hydrogen) atoms. The predicted octanol–water partition coefficient (Wildman–Crippen LogP) is 7.56. The molecule has 0 fully saturated rings. The molecule has 0 amide bonds. The zero-order valence-corrected chi connectivity index (χ0v) is 18.1. The number of H-pyrrole nitrogens is 1. The number of aryl methyl sites for hydroxylation is 1. The summed E-state index contributed by atoms with van der Waals surface area (Å²) >= 11 is 0. The van der Waals surface area contributed by atoms with Gasteiger partial charge in [-0.3, -0.25) is 10.1 Å². The molecule has 3 heteroatoms. The molecular weight excluding hydrogens is 306 g/mol. The van der Waals surface area contributed by atoms with Crippen molar-refractivity contribution in [1.82, 2.24) is 15.2 Å². The highest BCUT2D eigenvalue weighted by molar-refractivity contribution is 5.70. The summed E-state index contributed by atoms with van der Waals surface area (Å²) in [5.41, 5.74) is 5.00. The van der Waals surface area contributed by atoms with Gasteiger partial charge < -0.3 is 0 Å². The van der Waals surface area contributed by atoms with Crippen LogP contribution in [0.15, 0.2) is 31.0 Å². The van der Waals surface area contributed by atoms with Crippen LogP contribution in [0.4, 0.5) is 0 Å². The minimum absolute atomic E-state index is 0.892. The van der Waals surface area contributed by atoms with Gasteiger partial charge in [-0.05, 0) is 31.5 Å². The van der Waals surface area contributed by atoms with Crippen LogP contribution < -0.4 is 0 Å². The fourth-order valence-electron chi connectivity index (χ4n) is 1.80. The number of hydrogen-bond donors (Lipinski definition) is 1. The Kier molecular flexibility index (Phi) is 22.0. The summed E-state index contributed by atoms with van der Waals surface area (Å²) in [6, 6.07) is 3.92. The van der Waals surface area contributed by atoms with Crippen molar-refractivity contribution in [1.29, 1.82) is 0 Å². The Morgan fingerprint density at radius 1 is 1.00 bits per heavy atom. The summed E-state index contributed by atoms with van der Waals surface area (Å²) in [6.45, 7) is 23.8. The van der Waals surface area contributed by atoms with Crippen molar-refractivity contribution < 1.29 is 0 Å². The first kappa shape index (κ1) is 27.7. The van der Waals surface area contributed by atoms with E-state index in [1.165, 1.54) is 0 Å². The van der Waals surface area contributed by atoms with Gasteiger partial charge in [-0.15, -0.1) is 0 Å². The van der Waals surface area contributed by atoms with Gasteiger partial charge in [0.15, 0.2) is 0 Å². The molecule has 0 bridgehead atoms. The molecule has 3 nitrogen and oxygen atoms in total. The minimum Gasteiger partial charge on any atom is -0.276 e. The van der Waals surface area contributed by atoms with Crippen molar-refractivity contribution in [2.24, 2.45) is 0 Å². The maximum absolute atomic E-state index is 4.57. The Hall–Kier alpha value is -2.16. The highest BCUT2D eigenvalue weighted by Gasteiger charge is 2.07. The van der Waals surface area contributed by atoms with Crippen LogP contribution in [0, 0.1) is 6.92 Å². The highest BCUT2D eigenvalue weighted by atomic mass is 15.1. The lowest BCUT2D eigenvalue weighted by molar-refractivity contribution is 1.08. The fraction of sp³-hybridized carbons (Fsp3) is 0.455. The van der Waals surface area contributed by atoms with E-state index in [1.807, 2.05) is 93.5 Å². The number of hydrogen-bond acceptors (Lipinski definition) is 2. The minimum atomic E-state index is 0.892. The Morgan fingerprint density at radius 2 is 1.56 bits per heavy atom. The number of aromatic nitrogens is 3. The molecule has 2 rings (SSSR count). The standard InChI is InChI=1S/C14H15N3.4C2H6/c1-4-6-12-10(3)16-14(9-11(12)5-2)13-7-8-15-17-13;4*1-2/h4-9H,2H2,1,3H3,(H,15,17);4*1-2H3/b6-4-;;;;. The van der Waals surface area contributed by atoms with Gasteiger partial charge in [0.25, 0.3) is 0 Å². The maximum atomic E-state index is 4.57. The Bertz CT molecular complexity index is 553. The molecule has 0 spiro atoms. The van der Waals surface area contributed by atoms with Gasteiger partial charge in [-0.2, -0.15) is 5.10 Å². The first-order valence-electron chi connectivity index (χ1n) is 9.52. The average Bonchev–Trinajstić information content (AvgIpc) is 3.24. The molecule has 1 N–H and O–H groups in total. The fourth-order valence-corrected chi connectivity index (χ4v) is 1.80. The number of aromatic amines is 1. The molecule has 2 heterocycles. The molecule has 0 aliphatic carbocycles. The third-order valence-corrected chi connectivity index (χ3v) is 2.61. The largest absolute Gasteiger partial charge is 0.276 e. The molecule has 0 aliphatic heterocycles. The summed E-state index contributed by atoms with van der Waals surface area (Å²) in [5, 5.41) is 6.86. The van der Waals surface area contributed by atoms with Crippen LogP contribution in [0.1, 0.15) is 79.1 Å². The third-order valence-electron chi connectivity index (χ3n) is 2.61. The molecule has 0 atom stereocenters. The Labute approximate surface area is 156 Å². The summed E-state index contributed by atoms with van der Waals surface area (Å²) < 4.78 is 0. The molecular formula is C22H39N3. The van der Waals surface area contributed by atoms with Crippen LogP contribution in [0.5, 0.6) is 0 Å². The van der Waals surface area contributed by atoms with Gasteiger partial charge in [-0.25, -0.2) is 0 Å². The van der Waals surface area contributed by atoms with E-state index in [0.29, 0.717) is 0 Å². The van der Waals surface area contributed by atoms with Crippen LogP contribution >= 0.6 is 0 Å². The van der Waals surface area contributed by atoms with E-state index in [1.54, 1.807) is 6.20 Å². The van der Waals surface area contributed by atoms with E-state index >= 15 is 0 Å². The number of nitrogens with one attached hydrogen (secondary N) is 1. The first-order chi connectivity index (χ1) is 12.3. The quantitative estimate of drug-likeness (QED) is 0.623. The molecule has 0 aliphatic rings. The lowest BCUT2D eigenvalue weighted by Gasteiger charge is -2.07. The maximum Gasteiger partial charge on any atom is 0.0889 e. The smallest absolute Gasteiger partial charge is 0.0889 e. The third kappa shape index (κ3) is 9.65. The van der Waals surface area contributed by atoms with Crippen LogP contribution in [-0.4, -0.2) is 15.2 Å². The Morgan fingerprint density at radius 3 is 1.96 bits per heavy atom. The van der Waals surface area contributed by atoms with Crippen molar-refractivity contribution in [3.8, 4) is 11.4 Å². The molecule has 142 valence electrons. The van der Waals surface area contributed by atoms with Gasteiger partial charge in [0.05, 0.1) is 11.4 Å². The van der Waals surface area contributed by atoms with Crippen molar-refractivity contribution in [3.05, 3.63) is 47.8 Å². The second-order valence-corrected chi connectivity index (χ2v) is 3.77. The van der Waals surface area contributed by atoms with E-state index in [-0.39, 0.29) is 0 Å². The van der Waals surface area contributed by atoms with E-state index in [0.717, 1.165) is 28.2 Å². The number of rotatable bonds is 3. The van der Waals surface area contributed by atoms with E-state index in [4.69, 9.17) is 0 Å². The normalized spacial score (nSPS) is 8.40. The number of nitrogens with zero attached hydrogens (tertiary/aromatic N) is 2. The van der Waals surface area contributed by atoms with Crippen LogP contribution in [0.2, 0.25) is 0 Å². The van der Waals surface area contributed by atoms with Gasteiger partial charge in [-0.1, -0.05) is 80.2 Å². The lowest BCUT2D eigenvalue weighted by Crippen LogP contribution is -1.94. The molecule has 0 radical (unpaired) electrons. The zero-order chi connectivity index (χ0) is 20.3. The summed E-state index contributed by atoms with van der Waals surface area (Å²) in [7, 11) is 0. The van der Waals surface area contributed by atoms with Crippen LogP contribution in [0.3, 0.4) is 0 Å². The van der Waals surface area contributed by atoms with E-state index < -0.39 is 0 Å². The van der Waals surface area contributed by atoms with Crippen molar-refractivity contribution >= 4 is 12.2 Å². The second kappa shape index (κ2) is 19.9. The number of allylic oxidation sites excluding steroid dienone is 1. The molecule has 0 saturated heterocycles. The van der Waals surface area contributed by atoms with Crippen LogP contribution in [0.25, 0.3) is 23.5 Å². The lowest BCUT2D eigenvalue weighted by atomic mass is 10.0.